The molecule has 1 aliphatic heterocycles. The smallest absolute Gasteiger partial charge is 0.322 e. The zero-order valence-electron chi connectivity index (χ0n) is 13.7. The van der Waals surface area contributed by atoms with Crippen LogP contribution in [-0.2, 0) is 20.6 Å². The highest BCUT2D eigenvalue weighted by Crippen LogP contribution is 2.43. The summed E-state index contributed by atoms with van der Waals surface area (Å²) in [7, 11) is -3.73. The molecule has 0 radical (unpaired) electrons. The van der Waals surface area contributed by atoms with Crippen LogP contribution >= 0.6 is 0 Å². The highest BCUT2D eigenvalue weighted by molar-refractivity contribution is 7.88. The summed E-state index contributed by atoms with van der Waals surface area (Å²) in [5.41, 5.74) is 1.26. The van der Waals surface area contributed by atoms with Crippen molar-refractivity contribution in [3.05, 3.63) is 42.1 Å². The number of aliphatic carboxylic acids is 1. The number of carboxylic acid groups (broad SMARTS) is 1. The normalized spacial score (nSPS) is 26.8. The van der Waals surface area contributed by atoms with Crippen LogP contribution in [0.3, 0.4) is 0 Å². The average molecular weight is 360 g/mol. The molecule has 1 aromatic heterocycles. The number of sulfonamides is 1. The van der Waals surface area contributed by atoms with Crippen molar-refractivity contribution < 1.29 is 18.3 Å². The standard InChI is InChI=1S/C18H20N2O4S/c21-18(22)17-15-8-2-5-13(15)10-20(17)25(23,24)11-14-6-1-4-12-7-3-9-19-16(12)14/h1,3-4,6-7,9,13,15,17H,2,5,8,10-11H2,(H,21,22). The van der Waals surface area contributed by atoms with Gasteiger partial charge in [-0.05, 0) is 36.3 Å². The topological polar surface area (TPSA) is 87.6 Å². The molecule has 3 atom stereocenters. The predicted molar refractivity (Wildman–Crippen MR) is 93.3 cm³/mol. The molecule has 1 saturated carbocycles. The van der Waals surface area contributed by atoms with Gasteiger partial charge in [-0.1, -0.05) is 30.7 Å². The van der Waals surface area contributed by atoms with E-state index in [1.807, 2.05) is 24.3 Å². The van der Waals surface area contributed by atoms with Crippen molar-refractivity contribution in [1.82, 2.24) is 9.29 Å². The number of carboxylic acids is 1. The summed E-state index contributed by atoms with van der Waals surface area (Å²) in [6.45, 7) is 0.322. The number of benzene rings is 1. The molecule has 7 heteroatoms. The first-order valence-electron chi connectivity index (χ1n) is 8.52. The van der Waals surface area contributed by atoms with E-state index in [4.69, 9.17) is 0 Å². The first kappa shape index (κ1) is 16.5. The largest absolute Gasteiger partial charge is 0.480 e. The molecule has 0 bridgehead atoms. The fourth-order valence-electron chi connectivity index (χ4n) is 4.42. The summed E-state index contributed by atoms with van der Waals surface area (Å²) >= 11 is 0. The van der Waals surface area contributed by atoms with Crippen LogP contribution in [-0.4, -0.2) is 41.4 Å². The van der Waals surface area contributed by atoms with Gasteiger partial charge in [0, 0.05) is 18.1 Å². The van der Waals surface area contributed by atoms with E-state index in [9.17, 15) is 18.3 Å². The van der Waals surface area contributed by atoms with E-state index in [-0.39, 0.29) is 17.6 Å². The van der Waals surface area contributed by atoms with Gasteiger partial charge in [-0.2, -0.15) is 4.31 Å². The van der Waals surface area contributed by atoms with Crippen LogP contribution in [0.15, 0.2) is 36.5 Å². The van der Waals surface area contributed by atoms with Crippen LogP contribution in [0.1, 0.15) is 24.8 Å². The lowest BCUT2D eigenvalue weighted by Gasteiger charge is -2.24. The van der Waals surface area contributed by atoms with Gasteiger partial charge in [0.05, 0.1) is 11.3 Å². The van der Waals surface area contributed by atoms with E-state index in [2.05, 4.69) is 4.98 Å². The zero-order valence-corrected chi connectivity index (χ0v) is 14.5. The van der Waals surface area contributed by atoms with Crippen molar-refractivity contribution in [1.29, 1.82) is 0 Å². The lowest BCUT2D eigenvalue weighted by molar-refractivity contribution is -0.142. The van der Waals surface area contributed by atoms with Gasteiger partial charge < -0.3 is 5.11 Å². The number of hydrogen-bond acceptors (Lipinski definition) is 4. The minimum absolute atomic E-state index is 0.0575. The second-order valence-corrected chi connectivity index (χ2v) is 8.88. The molecule has 0 amide bonds. The molecule has 1 N–H and O–H groups in total. The summed E-state index contributed by atoms with van der Waals surface area (Å²) in [4.78, 5) is 16.1. The molecular weight excluding hydrogens is 340 g/mol. The molecule has 1 aliphatic carbocycles. The number of nitrogens with zero attached hydrogens (tertiary/aromatic N) is 2. The molecule has 1 aromatic carbocycles. The third-order valence-electron chi connectivity index (χ3n) is 5.51. The maximum atomic E-state index is 13.0. The van der Waals surface area contributed by atoms with Crippen molar-refractivity contribution in [2.24, 2.45) is 11.8 Å². The van der Waals surface area contributed by atoms with Crippen LogP contribution in [0.4, 0.5) is 0 Å². The summed E-state index contributed by atoms with van der Waals surface area (Å²) < 4.78 is 27.3. The van der Waals surface area contributed by atoms with Crippen molar-refractivity contribution in [2.75, 3.05) is 6.54 Å². The minimum Gasteiger partial charge on any atom is -0.480 e. The Labute approximate surface area is 146 Å². The predicted octanol–water partition coefficient (Wildman–Crippen LogP) is 2.25. The maximum Gasteiger partial charge on any atom is 0.322 e. The Hall–Kier alpha value is -1.99. The number of aromatic nitrogens is 1. The van der Waals surface area contributed by atoms with Crippen LogP contribution < -0.4 is 0 Å². The van der Waals surface area contributed by atoms with E-state index in [1.54, 1.807) is 12.3 Å². The Morgan fingerprint density at radius 1 is 1.24 bits per heavy atom. The van der Waals surface area contributed by atoms with Gasteiger partial charge in [0.25, 0.3) is 0 Å². The average Bonchev–Trinajstić information content (AvgIpc) is 3.15. The molecule has 6 nitrogen and oxygen atoms in total. The maximum absolute atomic E-state index is 13.0. The van der Waals surface area contributed by atoms with Crippen LogP contribution in [0.2, 0.25) is 0 Å². The van der Waals surface area contributed by atoms with E-state index >= 15 is 0 Å². The lowest BCUT2D eigenvalue weighted by atomic mass is 9.94. The Morgan fingerprint density at radius 2 is 2.04 bits per heavy atom. The molecule has 4 rings (SSSR count). The number of fused-ring (bicyclic) bond motifs is 2. The monoisotopic (exact) mass is 360 g/mol. The lowest BCUT2D eigenvalue weighted by Crippen LogP contribution is -2.43. The highest BCUT2D eigenvalue weighted by Gasteiger charge is 2.51. The van der Waals surface area contributed by atoms with Gasteiger partial charge >= 0.3 is 5.97 Å². The Morgan fingerprint density at radius 3 is 2.84 bits per heavy atom. The zero-order chi connectivity index (χ0) is 17.6. The molecule has 2 aliphatic rings. The first-order chi connectivity index (χ1) is 12.0. The molecule has 1 saturated heterocycles. The molecule has 2 heterocycles. The van der Waals surface area contributed by atoms with Crippen molar-refractivity contribution in [3.63, 3.8) is 0 Å². The molecule has 132 valence electrons. The summed E-state index contributed by atoms with van der Waals surface area (Å²) in [6.07, 6.45) is 4.33. The van der Waals surface area contributed by atoms with Crippen molar-refractivity contribution in [2.45, 2.75) is 31.1 Å². The Kier molecular flexibility index (Phi) is 4.00. The fourth-order valence-corrected chi connectivity index (χ4v) is 6.23. The number of pyridine rings is 1. The first-order valence-corrected chi connectivity index (χ1v) is 10.1. The van der Waals surface area contributed by atoms with Crippen LogP contribution in [0.5, 0.6) is 0 Å². The van der Waals surface area contributed by atoms with E-state index in [1.165, 1.54) is 4.31 Å². The van der Waals surface area contributed by atoms with Crippen molar-refractivity contribution >= 4 is 26.9 Å². The Balaban J connectivity index is 1.68. The van der Waals surface area contributed by atoms with Crippen LogP contribution in [0.25, 0.3) is 10.9 Å². The fraction of sp³-hybridized carbons (Fsp3) is 0.444. The third-order valence-corrected chi connectivity index (χ3v) is 7.28. The number of hydrogen-bond donors (Lipinski definition) is 1. The number of rotatable bonds is 4. The molecule has 2 aromatic rings. The van der Waals surface area contributed by atoms with Crippen LogP contribution in [0, 0.1) is 11.8 Å². The van der Waals surface area contributed by atoms with Gasteiger partial charge in [-0.25, -0.2) is 8.42 Å². The Bertz CT molecular complexity index is 922. The van der Waals surface area contributed by atoms with E-state index < -0.39 is 22.0 Å². The highest BCUT2D eigenvalue weighted by atomic mass is 32.2. The van der Waals surface area contributed by atoms with Crippen molar-refractivity contribution in [3.8, 4) is 0 Å². The molecule has 2 fully saturated rings. The molecule has 3 unspecified atom stereocenters. The van der Waals surface area contributed by atoms with E-state index in [0.717, 1.165) is 24.6 Å². The van der Waals surface area contributed by atoms with Gasteiger partial charge in [0.1, 0.15) is 6.04 Å². The van der Waals surface area contributed by atoms with Gasteiger partial charge in [0.15, 0.2) is 0 Å². The quantitative estimate of drug-likeness (QED) is 0.903. The molecular formula is C18H20N2O4S. The second-order valence-electron chi connectivity index (χ2n) is 6.96. The molecule has 0 spiro atoms. The number of carbonyl (C=O) groups is 1. The SMILES string of the molecule is O=C(O)C1C2CCCC2CN1S(=O)(=O)Cc1cccc2cccnc12. The van der Waals surface area contributed by atoms with Gasteiger partial charge in [0.2, 0.25) is 10.0 Å². The summed E-state index contributed by atoms with van der Waals surface area (Å²) in [6, 6.07) is 8.21. The van der Waals surface area contributed by atoms with Gasteiger partial charge in [-0.3, -0.25) is 9.78 Å². The summed E-state index contributed by atoms with van der Waals surface area (Å²) in [5.74, 6) is -1.14. The number of para-hydroxylation sites is 1. The minimum atomic E-state index is -3.73. The van der Waals surface area contributed by atoms with Gasteiger partial charge in [-0.15, -0.1) is 0 Å². The third kappa shape index (κ3) is 2.81. The second kappa shape index (κ2) is 6.07. The molecule has 25 heavy (non-hydrogen) atoms. The van der Waals surface area contributed by atoms with E-state index in [0.29, 0.717) is 17.6 Å². The summed E-state index contributed by atoms with van der Waals surface area (Å²) in [5, 5.41) is 10.5.